The van der Waals surface area contributed by atoms with E-state index < -0.39 is 0 Å². The number of benzene rings is 1. The minimum atomic E-state index is 0.183. The van der Waals surface area contributed by atoms with Crippen LogP contribution in [-0.2, 0) is 0 Å². The van der Waals surface area contributed by atoms with Gasteiger partial charge in [-0.2, -0.15) is 0 Å². The molecule has 0 spiro atoms. The zero-order valence-corrected chi connectivity index (χ0v) is 12.7. The van der Waals surface area contributed by atoms with Gasteiger partial charge in [-0.25, -0.2) is 4.99 Å². The Hall–Kier alpha value is -1.85. The van der Waals surface area contributed by atoms with Gasteiger partial charge in [-0.3, -0.25) is 0 Å². The van der Waals surface area contributed by atoms with E-state index in [4.69, 9.17) is 10.5 Å². The largest absolute Gasteiger partial charge is 0.496 e. The Bertz CT molecular complexity index is 593. The van der Waals surface area contributed by atoms with Crippen molar-refractivity contribution in [3.05, 3.63) is 46.2 Å². The van der Waals surface area contributed by atoms with E-state index in [-0.39, 0.29) is 6.04 Å². The maximum absolute atomic E-state index is 6.01. The summed E-state index contributed by atoms with van der Waals surface area (Å²) in [7, 11) is 3.59. The predicted octanol–water partition coefficient (Wildman–Crippen LogP) is 3.07. The lowest BCUT2D eigenvalue weighted by Gasteiger charge is -2.15. The summed E-state index contributed by atoms with van der Waals surface area (Å²) in [5.41, 5.74) is 7.91. The van der Waals surface area contributed by atoms with Crippen LogP contribution in [0.2, 0.25) is 0 Å². The third-order valence-electron chi connectivity index (χ3n) is 3.14. The normalized spacial score (nSPS) is 13.2. The third kappa shape index (κ3) is 3.18. The summed E-state index contributed by atoms with van der Waals surface area (Å²) in [5.74, 6) is 1.38. The number of nitrogens with zero attached hydrogens (tertiary/aromatic N) is 1. The molecule has 0 amide bonds. The first-order valence-electron chi connectivity index (χ1n) is 6.39. The molecule has 20 heavy (non-hydrogen) atoms. The topological polar surface area (TPSA) is 59.6 Å². The van der Waals surface area contributed by atoms with Crippen LogP contribution in [0.4, 0.5) is 5.69 Å². The minimum Gasteiger partial charge on any atom is -0.496 e. The van der Waals surface area contributed by atoms with Gasteiger partial charge in [-0.1, -0.05) is 6.07 Å². The van der Waals surface area contributed by atoms with Crippen molar-refractivity contribution in [3.8, 4) is 5.75 Å². The van der Waals surface area contributed by atoms with Gasteiger partial charge in [0.15, 0.2) is 0 Å². The Morgan fingerprint density at radius 2 is 2.20 bits per heavy atom. The average Bonchev–Trinajstić information content (AvgIpc) is 3.00. The molecule has 0 aliphatic carbocycles. The van der Waals surface area contributed by atoms with Crippen molar-refractivity contribution in [2.75, 3.05) is 14.2 Å². The highest BCUT2D eigenvalue weighted by Gasteiger charge is 2.10. The standard InChI is InChI=1S/C15H19N3OS/c1-10(17-2)12-9-11(6-7-13(12)19-3)18-15(16)14-5-4-8-20-14/h4-10,17H,1-3H3,(H2,16,18). The van der Waals surface area contributed by atoms with Crippen LogP contribution in [0, 0.1) is 0 Å². The van der Waals surface area contributed by atoms with Gasteiger partial charge in [0, 0.05) is 11.6 Å². The third-order valence-corrected chi connectivity index (χ3v) is 4.03. The summed E-state index contributed by atoms with van der Waals surface area (Å²) >= 11 is 1.58. The predicted molar refractivity (Wildman–Crippen MR) is 85.2 cm³/mol. The summed E-state index contributed by atoms with van der Waals surface area (Å²) in [6.07, 6.45) is 0. The second kappa shape index (κ2) is 6.54. The fraction of sp³-hybridized carbons (Fsp3) is 0.267. The molecule has 2 aromatic rings. The molecule has 0 bridgehead atoms. The number of amidine groups is 1. The molecule has 4 nitrogen and oxygen atoms in total. The van der Waals surface area contributed by atoms with E-state index in [1.165, 1.54) is 0 Å². The lowest BCUT2D eigenvalue weighted by atomic mass is 10.1. The maximum Gasteiger partial charge on any atom is 0.141 e. The number of nitrogens with two attached hydrogens (primary N) is 1. The smallest absolute Gasteiger partial charge is 0.141 e. The lowest BCUT2D eigenvalue weighted by molar-refractivity contribution is 0.404. The van der Waals surface area contributed by atoms with Crippen molar-refractivity contribution < 1.29 is 4.74 Å². The SMILES string of the molecule is CNC(C)c1cc(N=C(N)c2cccs2)ccc1OC. The Balaban J connectivity index is 2.36. The molecular weight excluding hydrogens is 270 g/mol. The Labute approximate surface area is 123 Å². The first kappa shape index (κ1) is 14.6. The zero-order chi connectivity index (χ0) is 14.5. The minimum absolute atomic E-state index is 0.183. The van der Waals surface area contributed by atoms with Crippen LogP contribution in [-0.4, -0.2) is 20.0 Å². The van der Waals surface area contributed by atoms with E-state index in [1.807, 2.05) is 42.8 Å². The number of hydrogen-bond donors (Lipinski definition) is 2. The summed E-state index contributed by atoms with van der Waals surface area (Å²) in [6, 6.07) is 9.94. The molecule has 0 aliphatic heterocycles. The molecule has 3 N–H and O–H groups in total. The molecule has 106 valence electrons. The van der Waals surface area contributed by atoms with Crippen LogP contribution in [0.1, 0.15) is 23.4 Å². The second-order valence-electron chi connectivity index (χ2n) is 4.41. The van der Waals surface area contributed by atoms with Crippen molar-refractivity contribution in [2.24, 2.45) is 10.7 Å². The fourth-order valence-electron chi connectivity index (χ4n) is 1.90. The number of thiophene rings is 1. The Morgan fingerprint density at radius 3 is 2.80 bits per heavy atom. The van der Waals surface area contributed by atoms with Crippen molar-refractivity contribution in [1.29, 1.82) is 0 Å². The quantitative estimate of drug-likeness (QED) is 0.657. The molecule has 1 aromatic heterocycles. The maximum atomic E-state index is 6.01. The van der Waals surface area contributed by atoms with Crippen LogP contribution in [0.5, 0.6) is 5.75 Å². The van der Waals surface area contributed by atoms with Gasteiger partial charge in [0.1, 0.15) is 11.6 Å². The van der Waals surface area contributed by atoms with Crippen LogP contribution >= 0.6 is 11.3 Å². The highest BCUT2D eigenvalue weighted by atomic mass is 32.1. The van der Waals surface area contributed by atoms with E-state index >= 15 is 0 Å². The van der Waals surface area contributed by atoms with Crippen molar-refractivity contribution in [1.82, 2.24) is 5.32 Å². The molecule has 0 fully saturated rings. The summed E-state index contributed by atoms with van der Waals surface area (Å²) in [4.78, 5) is 5.45. The number of rotatable bonds is 5. The molecule has 0 saturated carbocycles. The van der Waals surface area contributed by atoms with Gasteiger partial charge >= 0.3 is 0 Å². The zero-order valence-electron chi connectivity index (χ0n) is 11.9. The van der Waals surface area contributed by atoms with Gasteiger partial charge in [-0.15, -0.1) is 11.3 Å². The molecule has 1 atom stereocenters. The molecule has 1 heterocycles. The number of aliphatic imine (C=N–C) groups is 1. The van der Waals surface area contributed by atoms with Crippen LogP contribution < -0.4 is 15.8 Å². The highest BCUT2D eigenvalue weighted by molar-refractivity contribution is 7.12. The highest BCUT2D eigenvalue weighted by Crippen LogP contribution is 2.29. The molecule has 1 unspecified atom stereocenters. The van der Waals surface area contributed by atoms with E-state index in [0.29, 0.717) is 5.84 Å². The van der Waals surface area contributed by atoms with E-state index in [0.717, 1.165) is 21.9 Å². The van der Waals surface area contributed by atoms with E-state index in [9.17, 15) is 0 Å². The lowest BCUT2D eigenvalue weighted by Crippen LogP contribution is -2.13. The summed E-state index contributed by atoms with van der Waals surface area (Å²) in [5, 5.41) is 5.19. The number of hydrogen-bond acceptors (Lipinski definition) is 4. The van der Waals surface area contributed by atoms with Crippen molar-refractivity contribution in [3.63, 3.8) is 0 Å². The first-order chi connectivity index (χ1) is 9.65. The van der Waals surface area contributed by atoms with Crippen molar-refractivity contribution in [2.45, 2.75) is 13.0 Å². The number of methoxy groups -OCH3 is 1. The van der Waals surface area contributed by atoms with Gasteiger partial charge < -0.3 is 15.8 Å². The van der Waals surface area contributed by atoms with Crippen LogP contribution in [0.3, 0.4) is 0 Å². The molecule has 0 aliphatic rings. The van der Waals surface area contributed by atoms with Crippen LogP contribution in [0.15, 0.2) is 40.7 Å². The second-order valence-corrected chi connectivity index (χ2v) is 5.36. The van der Waals surface area contributed by atoms with Gasteiger partial charge in [-0.05, 0) is 43.6 Å². The van der Waals surface area contributed by atoms with Gasteiger partial charge in [0.25, 0.3) is 0 Å². The molecule has 0 radical (unpaired) electrons. The average molecular weight is 289 g/mol. The number of nitrogens with one attached hydrogen (secondary N) is 1. The van der Waals surface area contributed by atoms with Crippen molar-refractivity contribution >= 4 is 22.9 Å². The molecule has 2 rings (SSSR count). The summed E-state index contributed by atoms with van der Waals surface area (Å²) < 4.78 is 5.38. The van der Waals surface area contributed by atoms with E-state index in [1.54, 1.807) is 18.4 Å². The monoisotopic (exact) mass is 289 g/mol. The molecule has 0 saturated heterocycles. The first-order valence-corrected chi connectivity index (χ1v) is 7.27. The number of ether oxygens (including phenoxy) is 1. The van der Waals surface area contributed by atoms with Gasteiger partial charge in [0.05, 0.1) is 17.7 Å². The molecule has 1 aromatic carbocycles. The van der Waals surface area contributed by atoms with Gasteiger partial charge in [0.2, 0.25) is 0 Å². The summed E-state index contributed by atoms with van der Waals surface area (Å²) in [6.45, 7) is 2.08. The van der Waals surface area contributed by atoms with Crippen LogP contribution in [0.25, 0.3) is 0 Å². The molecule has 5 heteroatoms. The molecular formula is C15H19N3OS. The Morgan fingerprint density at radius 1 is 1.40 bits per heavy atom. The Kier molecular flexibility index (Phi) is 4.76. The fourth-order valence-corrected chi connectivity index (χ4v) is 2.53. The van der Waals surface area contributed by atoms with E-state index in [2.05, 4.69) is 17.2 Å².